The van der Waals surface area contributed by atoms with E-state index in [0.717, 1.165) is 6.07 Å². The molecule has 5 nitrogen and oxygen atoms in total. The van der Waals surface area contributed by atoms with E-state index in [-0.39, 0.29) is 27.3 Å². The third-order valence-electron chi connectivity index (χ3n) is 2.37. The molecule has 0 saturated heterocycles. The maximum atomic E-state index is 13.5. The van der Waals surface area contributed by atoms with E-state index in [4.69, 9.17) is 27.9 Å². The number of methoxy groups -OCH3 is 1. The van der Waals surface area contributed by atoms with E-state index >= 15 is 0 Å². The van der Waals surface area contributed by atoms with Crippen molar-refractivity contribution >= 4 is 34.8 Å². The molecule has 0 unspecified atom stereocenters. The Morgan fingerprint density at radius 2 is 2.05 bits per heavy atom. The fourth-order valence-corrected chi connectivity index (χ4v) is 1.78. The van der Waals surface area contributed by atoms with Crippen molar-refractivity contribution in [3.05, 3.63) is 46.0 Å². The van der Waals surface area contributed by atoms with Crippen molar-refractivity contribution in [2.24, 2.45) is 0 Å². The van der Waals surface area contributed by atoms with Gasteiger partial charge in [-0.25, -0.2) is 4.39 Å². The lowest BCUT2D eigenvalue weighted by Gasteiger charge is -2.08. The quantitative estimate of drug-likeness (QED) is 0.944. The van der Waals surface area contributed by atoms with Crippen molar-refractivity contribution in [2.75, 3.05) is 12.4 Å². The minimum Gasteiger partial charge on any atom is -0.494 e. The summed E-state index contributed by atoms with van der Waals surface area (Å²) in [5.41, 5.74) is 0.292. The Hall–Kier alpha value is -1.92. The van der Waals surface area contributed by atoms with Gasteiger partial charge >= 0.3 is 0 Å². The van der Waals surface area contributed by atoms with Crippen molar-refractivity contribution in [3.63, 3.8) is 0 Å². The van der Waals surface area contributed by atoms with Crippen LogP contribution in [0.3, 0.4) is 0 Å². The van der Waals surface area contributed by atoms with Crippen molar-refractivity contribution < 1.29 is 13.9 Å². The second-order valence-corrected chi connectivity index (χ2v) is 4.42. The molecule has 0 saturated carbocycles. The van der Waals surface area contributed by atoms with Crippen LogP contribution in [-0.4, -0.2) is 23.2 Å². The largest absolute Gasteiger partial charge is 0.494 e. The number of hydrogen-bond donors (Lipinski definition) is 1. The maximum absolute atomic E-state index is 13.5. The van der Waals surface area contributed by atoms with E-state index in [0.29, 0.717) is 0 Å². The van der Waals surface area contributed by atoms with Crippen LogP contribution in [0.15, 0.2) is 24.3 Å². The Labute approximate surface area is 123 Å². The summed E-state index contributed by atoms with van der Waals surface area (Å²) in [4.78, 5) is 12.0. The molecule has 8 heteroatoms. The molecule has 0 aliphatic rings. The van der Waals surface area contributed by atoms with Crippen molar-refractivity contribution in [1.82, 2.24) is 10.2 Å². The fraction of sp³-hybridized carbons (Fsp3) is 0.0833. The van der Waals surface area contributed by atoms with Gasteiger partial charge in [-0.2, -0.15) is 0 Å². The number of rotatable bonds is 3. The molecule has 0 aliphatic heterocycles. The second-order valence-electron chi connectivity index (χ2n) is 3.67. The fourth-order valence-electron chi connectivity index (χ4n) is 1.45. The van der Waals surface area contributed by atoms with Crippen LogP contribution in [0, 0.1) is 5.82 Å². The molecule has 1 amide bonds. The molecule has 0 fully saturated rings. The Kier molecular flexibility index (Phi) is 4.36. The van der Waals surface area contributed by atoms with Gasteiger partial charge in [0.25, 0.3) is 5.91 Å². The highest BCUT2D eigenvalue weighted by Crippen LogP contribution is 2.22. The van der Waals surface area contributed by atoms with Crippen LogP contribution in [-0.2, 0) is 0 Å². The molecule has 1 heterocycles. The number of halogens is 3. The van der Waals surface area contributed by atoms with Gasteiger partial charge in [-0.3, -0.25) is 4.79 Å². The molecule has 0 atom stereocenters. The third kappa shape index (κ3) is 3.15. The summed E-state index contributed by atoms with van der Waals surface area (Å²) in [5.74, 6) is -1.09. The predicted molar refractivity (Wildman–Crippen MR) is 73.0 cm³/mol. The van der Waals surface area contributed by atoms with Crippen LogP contribution in [0.4, 0.5) is 10.1 Å². The number of aromatic nitrogens is 2. The smallest absolute Gasteiger partial charge is 0.258 e. The van der Waals surface area contributed by atoms with Gasteiger partial charge in [0.1, 0.15) is 0 Å². The second kappa shape index (κ2) is 6.02. The normalized spacial score (nSPS) is 10.2. The minimum absolute atomic E-state index is 0.0282. The summed E-state index contributed by atoms with van der Waals surface area (Å²) < 4.78 is 18.3. The first kappa shape index (κ1) is 14.5. The van der Waals surface area contributed by atoms with Crippen LogP contribution < -0.4 is 10.1 Å². The van der Waals surface area contributed by atoms with Gasteiger partial charge in [0.05, 0.1) is 12.7 Å². The van der Waals surface area contributed by atoms with E-state index in [1.165, 1.54) is 25.3 Å². The number of carbonyl (C=O) groups excluding carboxylic acids is 1. The highest BCUT2D eigenvalue weighted by Gasteiger charge is 2.14. The van der Waals surface area contributed by atoms with Crippen molar-refractivity contribution in [3.8, 4) is 5.75 Å². The van der Waals surface area contributed by atoms with Gasteiger partial charge in [-0.05, 0) is 18.2 Å². The zero-order valence-corrected chi connectivity index (χ0v) is 11.7. The maximum Gasteiger partial charge on any atom is 0.258 e. The number of amides is 1. The number of nitrogens with zero attached hydrogens (tertiary/aromatic N) is 2. The standard InChI is InChI=1S/C12H8Cl2FN3O2/c1-20-9-3-2-6(4-8(9)15)16-12(19)7-5-10(13)17-18-11(7)14/h2-5H,1H3,(H,16,19). The number of hydrogen-bond acceptors (Lipinski definition) is 4. The summed E-state index contributed by atoms with van der Waals surface area (Å²) in [5, 5.41) is 9.41. The first-order chi connectivity index (χ1) is 9.51. The van der Waals surface area contributed by atoms with Gasteiger partial charge in [0.15, 0.2) is 21.9 Å². The number of anilines is 1. The summed E-state index contributed by atoms with van der Waals surface area (Å²) in [6, 6.07) is 5.28. The van der Waals surface area contributed by atoms with Gasteiger partial charge < -0.3 is 10.1 Å². The molecule has 0 aliphatic carbocycles. The zero-order valence-electron chi connectivity index (χ0n) is 10.2. The van der Waals surface area contributed by atoms with Gasteiger partial charge in [-0.15, -0.1) is 10.2 Å². The van der Waals surface area contributed by atoms with Crippen molar-refractivity contribution in [1.29, 1.82) is 0 Å². The monoisotopic (exact) mass is 315 g/mol. The zero-order chi connectivity index (χ0) is 14.7. The van der Waals surface area contributed by atoms with E-state index < -0.39 is 11.7 Å². The molecular formula is C12H8Cl2FN3O2. The average Bonchev–Trinajstić information content (AvgIpc) is 2.41. The number of carbonyl (C=O) groups is 1. The highest BCUT2D eigenvalue weighted by molar-refractivity contribution is 6.34. The molecule has 1 aromatic carbocycles. The van der Waals surface area contributed by atoms with Crippen LogP contribution in [0.2, 0.25) is 10.3 Å². The lowest BCUT2D eigenvalue weighted by Crippen LogP contribution is -2.13. The van der Waals surface area contributed by atoms with Crippen LogP contribution >= 0.6 is 23.2 Å². The SMILES string of the molecule is COc1ccc(NC(=O)c2cc(Cl)nnc2Cl)cc1F. The van der Waals surface area contributed by atoms with Crippen LogP contribution in [0.5, 0.6) is 5.75 Å². The van der Waals surface area contributed by atoms with E-state index in [1.807, 2.05) is 0 Å². The molecule has 1 N–H and O–H groups in total. The Balaban J connectivity index is 2.23. The Morgan fingerprint density at radius 3 is 2.70 bits per heavy atom. The molecule has 104 valence electrons. The molecule has 0 bridgehead atoms. The molecule has 20 heavy (non-hydrogen) atoms. The third-order valence-corrected chi connectivity index (χ3v) is 2.84. The topological polar surface area (TPSA) is 64.1 Å². The summed E-state index contributed by atoms with van der Waals surface area (Å²) in [7, 11) is 1.35. The molecule has 0 radical (unpaired) electrons. The van der Waals surface area contributed by atoms with Crippen LogP contribution in [0.25, 0.3) is 0 Å². The Bertz CT molecular complexity index is 667. The first-order valence-corrected chi connectivity index (χ1v) is 6.10. The van der Waals surface area contributed by atoms with Gasteiger partial charge in [0, 0.05) is 11.8 Å². The summed E-state index contributed by atoms with van der Waals surface area (Å²) in [6.07, 6.45) is 0. The molecule has 1 aromatic heterocycles. The lowest BCUT2D eigenvalue weighted by atomic mass is 10.2. The molecule has 2 rings (SSSR count). The Morgan fingerprint density at radius 1 is 1.30 bits per heavy atom. The first-order valence-electron chi connectivity index (χ1n) is 5.35. The van der Waals surface area contributed by atoms with Gasteiger partial charge in [0.2, 0.25) is 0 Å². The van der Waals surface area contributed by atoms with E-state index in [1.54, 1.807) is 0 Å². The summed E-state index contributed by atoms with van der Waals surface area (Å²) >= 11 is 11.4. The molecular weight excluding hydrogens is 308 g/mol. The number of nitrogens with one attached hydrogen (secondary N) is 1. The lowest BCUT2D eigenvalue weighted by molar-refractivity contribution is 0.102. The molecule has 0 spiro atoms. The number of ether oxygens (including phenoxy) is 1. The highest BCUT2D eigenvalue weighted by atomic mass is 35.5. The van der Waals surface area contributed by atoms with Crippen LogP contribution in [0.1, 0.15) is 10.4 Å². The summed E-state index contributed by atoms with van der Waals surface area (Å²) in [6.45, 7) is 0. The minimum atomic E-state index is -0.595. The molecule has 2 aromatic rings. The van der Waals surface area contributed by atoms with E-state index in [2.05, 4.69) is 15.5 Å². The average molecular weight is 316 g/mol. The van der Waals surface area contributed by atoms with Gasteiger partial charge in [-0.1, -0.05) is 23.2 Å². The number of benzene rings is 1. The predicted octanol–water partition coefficient (Wildman–Crippen LogP) is 3.18. The van der Waals surface area contributed by atoms with E-state index in [9.17, 15) is 9.18 Å². The van der Waals surface area contributed by atoms with Crippen molar-refractivity contribution in [2.45, 2.75) is 0 Å².